The van der Waals surface area contributed by atoms with Crippen LogP contribution in [0.5, 0.6) is 5.75 Å². The molecule has 2 N–H and O–H groups in total. The van der Waals surface area contributed by atoms with Crippen LogP contribution in [0.3, 0.4) is 0 Å². The van der Waals surface area contributed by atoms with Crippen LogP contribution in [0.4, 0.5) is 5.69 Å². The molecule has 0 saturated heterocycles. The Kier molecular flexibility index (Phi) is 4.44. The van der Waals surface area contributed by atoms with Gasteiger partial charge in [-0.1, -0.05) is 11.6 Å². The number of carbonyl (C=O) groups is 1. The van der Waals surface area contributed by atoms with Gasteiger partial charge in [-0.15, -0.1) is 0 Å². The van der Waals surface area contributed by atoms with Gasteiger partial charge in [0.2, 0.25) is 0 Å². The van der Waals surface area contributed by atoms with Crippen molar-refractivity contribution in [1.29, 1.82) is 0 Å². The van der Waals surface area contributed by atoms with Gasteiger partial charge < -0.3 is 15.2 Å². The van der Waals surface area contributed by atoms with Gasteiger partial charge in [-0.25, -0.2) is 4.79 Å². The summed E-state index contributed by atoms with van der Waals surface area (Å²) in [7, 11) is 1.45. The second-order valence-corrected chi connectivity index (χ2v) is 4.09. The molecule has 1 aromatic carbocycles. The topological polar surface area (TPSA) is 61.5 Å². The van der Waals surface area contributed by atoms with Gasteiger partial charge in [0.05, 0.1) is 34.5 Å². The number of esters is 1. The Hall–Kier alpha value is -0.940. The van der Waals surface area contributed by atoms with Crippen LogP contribution in [-0.2, 0) is 4.74 Å². The lowest BCUT2D eigenvalue weighted by Gasteiger charge is -2.12. The molecule has 1 rings (SSSR count). The van der Waals surface area contributed by atoms with E-state index in [4.69, 9.17) is 26.8 Å². The minimum atomic E-state index is -0.521. The third-order valence-corrected chi connectivity index (χ3v) is 3.23. The highest BCUT2D eigenvalue weighted by atomic mass is 79.9. The number of methoxy groups -OCH3 is 1. The lowest BCUT2D eigenvalue weighted by Crippen LogP contribution is -2.09. The van der Waals surface area contributed by atoms with Crippen molar-refractivity contribution in [2.75, 3.05) is 19.5 Å². The van der Waals surface area contributed by atoms with E-state index in [0.29, 0.717) is 15.2 Å². The molecule has 6 heteroatoms. The summed E-state index contributed by atoms with van der Waals surface area (Å²) in [5.41, 5.74) is 6.19. The number of benzene rings is 1. The van der Waals surface area contributed by atoms with Crippen LogP contribution in [0.25, 0.3) is 0 Å². The highest BCUT2D eigenvalue weighted by Gasteiger charge is 2.19. The van der Waals surface area contributed by atoms with Gasteiger partial charge in [0.15, 0.2) is 5.75 Å². The molecule has 0 aromatic heterocycles. The van der Waals surface area contributed by atoms with Crippen LogP contribution in [0, 0.1) is 0 Å². The molecule has 0 radical (unpaired) electrons. The van der Waals surface area contributed by atoms with Gasteiger partial charge in [0, 0.05) is 0 Å². The number of nitrogen functional groups attached to an aromatic ring is 1. The van der Waals surface area contributed by atoms with Crippen LogP contribution in [0.2, 0.25) is 5.02 Å². The fourth-order valence-electron chi connectivity index (χ4n) is 1.19. The van der Waals surface area contributed by atoms with Crippen LogP contribution in [0.1, 0.15) is 17.3 Å². The number of rotatable bonds is 3. The van der Waals surface area contributed by atoms with Crippen LogP contribution in [-0.4, -0.2) is 19.7 Å². The quantitative estimate of drug-likeness (QED) is 0.689. The summed E-state index contributed by atoms with van der Waals surface area (Å²) in [5, 5.41) is 0.342. The third-order valence-electron chi connectivity index (χ3n) is 1.91. The summed E-state index contributed by atoms with van der Waals surface area (Å²) in [6.45, 7) is 1.99. The van der Waals surface area contributed by atoms with Gasteiger partial charge in [-0.2, -0.15) is 0 Å². The van der Waals surface area contributed by atoms with E-state index in [-0.39, 0.29) is 17.9 Å². The van der Waals surface area contributed by atoms with Crippen molar-refractivity contribution in [1.82, 2.24) is 0 Å². The molecule has 0 amide bonds. The summed E-state index contributed by atoms with van der Waals surface area (Å²) < 4.78 is 10.4. The molecular weight excluding hydrogens is 297 g/mol. The lowest BCUT2D eigenvalue weighted by molar-refractivity contribution is 0.0527. The number of hydrogen-bond acceptors (Lipinski definition) is 4. The highest BCUT2D eigenvalue weighted by molar-refractivity contribution is 9.10. The average Bonchev–Trinajstić information content (AvgIpc) is 2.24. The number of nitrogens with two attached hydrogens (primary N) is 1. The summed E-state index contributed by atoms with van der Waals surface area (Å²) >= 11 is 9.15. The minimum absolute atomic E-state index is 0.201. The Balaban J connectivity index is 3.31. The van der Waals surface area contributed by atoms with Gasteiger partial charge >= 0.3 is 5.97 Å². The van der Waals surface area contributed by atoms with Gasteiger partial charge in [-0.05, 0) is 28.9 Å². The van der Waals surface area contributed by atoms with E-state index < -0.39 is 5.97 Å². The van der Waals surface area contributed by atoms with Crippen LogP contribution < -0.4 is 10.5 Å². The molecule has 0 aliphatic rings. The molecule has 1 aromatic rings. The van der Waals surface area contributed by atoms with E-state index in [1.807, 2.05) is 0 Å². The molecule has 4 nitrogen and oxygen atoms in total. The van der Waals surface area contributed by atoms with Crippen molar-refractivity contribution >= 4 is 39.2 Å². The first kappa shape index (κ1) is 13.1. The van der Waals surface area contributed by atoms with Crippen LogP contribution >= 0.6 is 27.5 Å². The fraction of sp³-hybridized carbons (Fsp3) is 0.300. The maximum absolute atomic E-state index is 11.6. The molecule has 0 spiro atoms. The first-order chi connectivity index (χ1) is 7.52. The highest BCUT2D eigenvalue weighted by Crippen LogP contribution is 2.39. The Morgan fingerprint density at radius 1 is 1.62 bits per heavy atom. The number of ether oxygens (including phenoxy) is 2. The maximum Gasteiger partial charge on any atom is 0.340 e. The zero-order chi connectivity index (χ0) is 12.3. The first-order valence-corrected chi connectivity index (χ1v) is 5.68. The van der Waals surface area contributed by atoms with Crippen molar-refractivity contribution in [2.24, 2.45) is 0 Å². The summed E-state index contributed by atoms with van der Waals surface area (Å²) in [6.07, 6.45) is 0. The molecule has 0 atom stereocenters. The SMILES string of the molecule is CCOC(=O)c1cc(Cl)c(Br)c(OC)c1N. The van der Waals surface area contributed by atoms with Gasteiger partial charge in [0.25, 0.3) is 0 Å². The molecule has 0 aliphatic heterocycles. The summed E-state index contributed by atoms with van der Waals surface area (Å²) in [4.78, 5) is 11.6. The Morgan fingerprint density at radius 3 is 2.75 bits per heavy atom. The van der Waals surface area contributed by atoms with Gasteiger partial charge in [-0.3, -0.25) is 0 Å². The predicted octanol–water partition coefficient (Wildman–Crippen LogP) is 2.87. The minimum Gasteiger partial charge on any atom is -0.493 e. The second kappa shape index (κ2) is 5.41. The largest absolute Gasteiger partial charge is 0.493 e. The van der Waals surface area contributed by atoms with Gasteiger partial charge in [0.1, 0.15) is 0 Å². The molecular formula is C10H11BrClNO3. The zero-order valence-corrected chi connectivity index (χ0v) is 11.2. The third kappa shape index (κ3) is 2.41. The number of halogens is 2. The monoisotopic (exact) mass is 307 g/mol. The van der Waals surface area contributed by atoms with Crippen LogP contribution in [0.15, 0.2) is 10.5 Å². The number of hydrogen-bond donors (Lipinski definition) is 1. The smallest absolute Gasteiger partial charge is 0.340 e. The van der Waals surface area contributed by atoms with Crippen molar-refractivity contribution < 1.29 is 14.3 Å². The Morgan fingerprint density at radius 2 is 2.25 bits per heavy atom. The maximum atomic E-state index is 11.6. The molecule has 0 saturated carbocycles. The number of carbonyl (C=O) groups excluding carboxylic acids is 1. The molecule has 88 valence electrons. The first-order valence-electron chi connectivity index (χ1n) is 4.51. The fourth-order valence-corrected chi connectivity index (χ4v) is 1.88. The van der Waals surface area contributed by atoms with E-state index in [1.165, 1.54) is 13.2 Å². The molecule has 0 fully saturated rings. The Labute approximate surface area is 107 Å². The summed E-state index contributed by atoms with van der Waals surface area (Å²) in [5.74, 6) is -0.191. The molecule has 0 heterocycles. The van der Waals surface area contributed by atoms with E-state index in [1.54, 1.807) is 6.92 Å². The average molecular weight is 309 g/mol. The van der Waals surface area contributed by atoms with Crippen molar-refractivity contribution in [3.8, 4) is 5.75 Å². The lowest BCUT2D eigenvalue weighted by atomic mass is 10.1. The Bertz CT molecular complexity index is 423. The second-order valence-electron chi connectivity index (χ2n) is 2.89. The normalized spacial score (nSPS) is 10.0. The van der Waals surface area contributed by atoms with E-state index in [0.717, 1.165) is 0 Å². The molecule has 0 unspecified atom stereocenters. The summed E-state index contributed by atoms with van der Waals surface area (Å²) in [6, 6.07) is 1.45. The van der Waals surface area contributed by atoms with Crippen molar-refractivity contribution in [3.05, 3.63) is 21.1 Å². The zero-order valence-electron chi connectivity index (χ0n) is 8.84. The van der Waals surface area contributed by atoms with Crippen molar-refractivity contribution in [3.63, 3.8) is 0 Å². The molecule has 0 aliphatic carbocycles. The molecule has 0 bridgehead atoms. The standard InChI is InChI=1S/C10H11BrClNO3/c1-3-16-10(14)5-4-6(12)7(11)9(15-2)8(5)13/h4H,3,13H2,1-2H3. The van der Waals surface area contributed by atoms with E-state index in [2.05, 4.69) is 15.9 Å². The number of anilines is 1. The van der Waals surface area contributed by atoms with Crippen molar-refractivity contribution in [2.45, 2.75) is 6.92 Å². The predicted molar refractivity (Wildman–Crippen MR) is 66.1 cm³/mol. The molecule has 16 heavy (non-hydrogen) atoms. The van der Waals surface area contributed by atoms with E-state index in [9.17, 15) is 4.79 Å². The van der Waals surface area contributed by atoms with E-state index >= 15 is 0 Å².